The number of hydrogen-bond donors (Lipinski definition) is 2. The number of guanidine groups is 1. The first kappa shape index (κ1) is 25.9. The monoisotopic (exact) mass is 511 g/mol. The molecule has 7 nitrogen and oxygen atoms in total. The van der Waals surface area contributed by atoms with Crippen LogP contribution in [0.3, 0.4) is 0 Å². The SMILES string of the molecule is CN=C(NCCc1csc(C)n1)NCC(C)CN(C)C(=O)OC(C)(C)C.I. The molecule has 0 aliphatic carbocycles. The summed E-state index contributed by atoms with van der Waals surface area (Å²) in [5.41, 5.74) is 0.622. The van der Waals surface area contributed by atoms with E-state index < -0.39 is 5.60 Å². The second kappa shape index (κ2) is 12.4. The Labute approximate surface area is 184 Å². The van der Waals surface area contributed by atoms with E-state index >= 15 is 0 Å². The predicted octanol–water partition coefficient (Wildman–Crippen LogP) is 3.28. The number of carbonyl (C=O) groups excluding carboxylic acids is 1. The van der Waals surface area contributed by atoms with Crippen molar-refractivity contribution < 1.29 is 9.53 Å². The van der Waals surface area contributed by atoms with E-state index in [1.807, 2.05) is 27.7 Å². The van der Waals surface area contributed by atoms with E-state index in [4.69, 9.17) is 4.74 Å². The number of aryl methyl sites for hydroxylation is 1. The Balaban J connectivity index is 0.00000676. The van der Waals surface area contributed by atoms with Crippen molar-refractivity contribution in [1.82, 2.24) is 20.5 Å². The molecule has 0 spiro atoms. The summed E-state index contributed by atoms with van der Waals surface area (Å²) in [6.07, 6.45) is 0.563. The summed E-state index contributed by atoms with van der Waals surface area (Å²) in [5, 5.41) is 9.76. The molecule has 2 N–H and O–H groups in total. The number of nitrogens with one attached hydrogen (secondary N) is 2. The van der Waals surface area contributed by atoms with Gasteiger partial charge in [0, 0.05) is 45.5 Å². The zero-order chi connectivity index (χ0) is 19.7. The Kier molecular flexibility index (Phi) is 11.9. The van der Waals surface area contributed by atoms with Gasteiger partial charge in [-0.15, -0.1) is 35.3 Å². The van der Waals surface area contributed by atoms with E-state index in [-0.39, 0.29) is 36.0 Å². The summed E-state index contributed by atoms with van der Waals surface area (Å²) >= 11 is 1.67. The number of aliphatic imine (C=N–C) groups is 1. The molecule has 0 bridgehead atoms. The molecule has 27 heavy (non-hydrogen) atoms. The number of rotatable bonds is 7. The lowest BCUT2D eigenvalue weighted by molar-refractivity contribution is 0.0278. The fourth-order valence-electron chi connectivity index (χ4n) is 2.27. The highest BCUT2D eigenvalue weighted by atomic mass is 127. The molecule has 1 aromatic rings. The lowest BCUT2D eigenvalue weighted by Crippen LogP contribution is -2.43. The van der Waals surface area contributed by atoms with Crippen molar-refractivity contribution in [3.8, 4) is 0 Å². The van der Waals surface area contributed by atoms with Crippen molar-refractivity contribution in [3.05, 3.63) is 16.1 Å². The van der Waals surface area contributed by atoms with E-state index in [0.717, 1.165) is 29.6 Å². The molecular weight excluding hydrogens is 477 g/mol. The third-order valence-corrected chi connectivity index (χ3v) is 4.29. The van der Waals surface area contributed by atoms with Crippen LogP contribution in [0, 0.1) is 12.8 Å². The van der Waals surface area contributed by atoms with Gasteiger partial charge in [-0.1, -0.05) is 6.92 Å². The van der Waals surface area contributed by atoms with E-state index in [2.05, 4.69) is 32.9 Å². The van der Waals surface area contributed by atoms with Gasteiger partial charge in [0.05, 0.1) is 10.7 Å². The fourth-order valence-corrected chi connectivity index (χ4v) is 2.92. The molecule has 9 heteroatoms. The van der Waals surface area contributed by atoms with E-state index in [1.54, 1.807) is 30.3 Å². The maximum atomic E-state index is 12.0. The number of halogens is 1. The number of nitrogens with zero attached hydrogens (tertiary/aromatic N) is 3. The van der Waals surface area contributed by atoms with E-state index in [0.29, 0.717) is 13.1 Å². The van der Waals surface area contributed by atoms with E-state index in [1.165, 1.54) is 0 Å². The van der Waals surface area contributed by atoms with Crippen LogP contribution < -0.4 is 10.6 Å². The lowest BCUT2D eigenvalue weighted by Gasteiger charge is -2.26. The van der Waals surface area contributed by atoms with Crippen LogP contribution in [0.1, 0.15) is 38.4 Å². The van der Waals surface area contributed by atoms with E-state index in [9.17, 15) is 4.79 Å². The van der Waals surface area contributed by atoms with Crippen LogP contribution in [-0.2, 0) is 11.2 Å². The molecule has 1 unspecified atom stereocenters. The standard InChI is InChI=1S/C18H33N5O2S.HI/c1-13(11-23(7)17(24)25-18(3,4)5)10-21-16(19-6)20-9-8-15-12-26-14(2)22-15;/h12-13H,8-11H2,1-7H3,(H2,19,20,21);1H. The van der Waals surface area contributed by atoms with Crippen molar-refractivity contribution in [2.45, 2.75) is 46.6 Å². The molecular formula is C18H34IN5O2S. The topological polar surface area (TPSA) is 78.9 Å². The van der Waals surface area contributed by atoms with Crippen molar-refractivity contribution in [2.24, 2.45) is 10.9 Å². The number of ether oxygens (including phenoxy) is 1. The van der Waals surface area contributed by atoms with Crippen LogP contribution in [0.5, 0.6) is 0 Å². The molecule has 0 fully saturated rings. The number of hydrogen-bond acceptors (Lipinski definition) is 5. The minimum absolute atomic E-state index is 0. The molecule has 1 heterocycles. The molecule has 0 saturated carbocycles. The second-order valence-corrected chi connectivity index (χ2v) is 8.52. The van der Waals surface area contributed by atoms with Crippen molar-refractivity contribution >= 4 is 47.4 Å². The fraction of sp³-hybridized carbons (Fsp3) is 0.722. The second-order valence-electron chi connectivity index (χ2n) is 7.45. The summed E-state index contributed by atoms with van der Waals surface area (Å²) in [6, 6.07) is 0. The Hall–Kier alpha value is -1.10. The van der Waals surface area contributed by atoms with Gasteiger partial charge >= 0.3 is 6.09 Å². The maximum Gasteiger partial charge on any atom is 0.410 e. The van der Waals surface area contributed by atoms with Crippen molar-refractivity contribution in [1.29, 1.82) is 0 Å². The van der Waals surface area contributed by atoms with Crippen LogP contribution >= 0.6 is 35.3 Å². The first-order valence-corrected chi connectivity index (χ1v) is 9.78. The Morgan fingerprint density at radius 3 is 2.59 bits per heavy atom. The van der Waals surface area contributed by atoms with Gasteiger partial charge in [-0.2, -0.15) is 0 Å². The van der Waals surface area contributed by atoms with Gasteiger partial charge in [-0.3, -0.25) is 4.99 Å². The summed E-state index contributed by atoms with van der Waals surface area (Å²) in [4.78, 5) is 22.3. The molecule has 0 saturated heterocycles. The van der Waals surface area contributed by atoms with Crippen molar-refractivity contribution in [2.75, 3.05) is 33.7 Å². The first-order valence-electron chi connectivity index (χ1n) is 8.90. The van der Waals surface area contributed by atoms with Crippen LogP contribution in [0.25, 0.3) is 0 Å². The molecule has 1 atom stereocenters. The van der Waals surface area contributed by atoms with Gasteiger partial charge in [0.25, 0.3) is 0 Å². The number of carbonyl (C=O) groups is 1. The molecule has 1 amide bonds. The average Bonchev–Trinajstić information content (AvgIpc) is 2.94. The van der Waals surface area contributed by atoms with Gasteiger partial charge in [0.1, 0.15) is 5.60 Å². The highest BCUT2D eigenvalue weighted by Gasteiger charge is 2.20. The normalized spacial score (nSPS) is 12.8. The Morgan fingerprint density at radius 1 is 1.41 bits per heavy atom. The van der Waals surface area contributed by atoms with Gasteiger partial charge in [-0.25, -0.2) is 9.78 Å². The summed E-state index contributed by atoms with van der Waals surface area (Å²) in [6.45, 7) is 11.8. The number of amides is 1. The molecule has 1 aromatic heterocycles. The number of aromatic nitrogens is 1. The van der Waals surface area contributed by atoms with Crippen LogP contribution in [0.4, 0.5) is 4.79 Å². The van der Waals surface area contributed by atoms with Gasteiger partial charge in [0.15, 0.2) is 5.96 Å². The minimum atomic E-state index is -0.478. The molecule has 156 valence electrons. The smallest absolute Gasteiger partial charge is 0.410 e. The zero-order valence-corrected chi connectivity index (χ0v) is 20.6. The average molecular weight is 511 g/mol. The molecule has 0 aromatic carbocycles. The third-order valence-electron chi connectivity index (χ3n) is 3.47. The van der Waals surface area contributed by atoms with Crippen LogP contribution in [0.15, 0.2) is 10.4 Å². The maximum absolute atomic E-state index is 12.0. The first-order chi connectivity index (χ1) is 12.1. The Bertz CT molecular complexity index is 601. The predicted molar refractivity (Wildman–Crippen MR) is 123 cm³/mol. The number of thiazole rings is 1. The highest BCUT2D eigenvalue weighted by Crippen LogP contribution is 2.10. The minimum Gasteiger partial charge on any atom is -0.444 e. The van der Waals surface area contributed by atoms with Crippen LogP contribution in [0.2, 0.25) is 0 Å². The van der Waals surface area contributed by atoms with Crippen molar-refractivity contribution in [3.63, 3.8) is 0 Å². The molecule has 1 rings (SSSR count). The van der Waals surface area contributed by atoms with Crippen LogP contribution in [-0.4, -0.2) is 61.3 Å². The summed E-state index contributed by atoms with van der Waals surface area (Å²) in [7, 11) is 3.51. The van der Waals surface area contributed by atoms with Gasteiger partial charge in [0.2, 0.25) is 0 Å². The summed E-state index contributed by atoms with van der Waals surface area (Å²) < 4.78 is 5.37. The van der Waals surface area contributed by atoms with Gasteiger partial charge in [-0.05, 0) is 33.6 Å². The largest absolute Gasteiger partial charge is 0.444 e. The molecule has 0 radical (unpaired) electrons. The molecule has 0 aliphatic heterocycles. The quantitative estimate of drug-likeness (QED) is 0.334. The third kappa shape index (κ3) is 11.4. The molecule has 0 aliphatic rings. The van der Waals surface area contributed by atoms with Gasteiger partial charge < -0.3 is 20.3 Å². The lowest BCUT2D eigenvalue weighted by atomic mass is 10.1. The summed E-state index contributed by atoms with van der Waals surface area (Å²) in [5.74, 6) is 1.01. The Morgan fingerprint density at radius 2 is 2.07 bits per heavy atom. The highest BCUT2D eigenvalue weighted by molar-refractivity contribution is 14.0. The zero-order valence-electron chi connectivity index (χ0n) is 17.5.